The molecule has 1 spiro atoms. The van der Waals surface area contributed by atoms with E-state index >= 15 is 0 Å². The fourth-order valence-corrected chi connectivity index (χ4v) is 7.01. The summed E-state index contributed by atoms with van der Waals surface area (Å²) in [6.07, 6.45) is 1.72. The van der Waals surface area contributed by atoms with E-state index in [-0.39, 0.29) is 28.6 Å². The Kier molecular flexibility index (Phi) is 20.1. The van der Waals surface area contributed by atoms with Gasteiger partial charge in [-0.25, -0.2) is 8.78 Å². The Bertz CT molecular complexity index is 2400. The molecule has 4 aromatic carbocycles. The molecule has 5 atom stereocenters. The van der Waals surface area contributed by atoms with Crippen molar-refractivity contribution in [2.24, 2.45) is 5.73 Å². The zero-order valence-electron chi connectivity index (χ0n) is 31.6. The van der Waals surface area contributed by atoms with Gasteiger partial charge < -0.3 is 36.8 Å². The molecule has 0 aromatic heterocycles. The van der Waals surface area contributed by atoms with Crippen LogP contribution in [0.3, 0.4) is 0 Å². The highest BCUT2D eigenvalue weighted by Gasteiger charge is 2.67. The first-order chi connectivity index (χ1) is 29.3. The number of rotatable bonds is 7. The average Bonchev–Trinajstić information content (AvgIpc) is 3.83. The minimum Gasteiger partial charge on any atom is -0.480 e. The van der Waals surface area contributed by atoms with E-state index in [2.05, 4.69) is 16.0 Å². The highest BCUT2D eigenvalue weighted by Crippen LogP contribution is 2.53. The number of anilines is 2. The third kappa shape index (κ3) is 12.3. The normalized spacial score (nSPS) is 19.2. The number of nitrogens with one attached hydrogen (secondary N) is 3. The molecule has 2 amide bonds. The largest absolute Gasteiger partial charge is 0.480 e. The van der Waals surface area contributed by atoms with Crippen LogP contribution in [-0.2, 0) is 19.9 Å². The minimum absolute atomic E-state index is 0. The predicted octanol–water partition coefficient (Wildman–Crippen LogP) is 5.51. The van der Waals surface area contributed by atoms with Crippen LogP contribution in [0.2, 0.25) is 20.1 Å². The molecule has 63 heavy (non-hydrogen) atoms. The fourth-order valence-electron chi connectivity index (χ4n) is 6.30. The number of carbonyl (C=O) groups is 4. The number of fused-ring (bicyclic) bond motifs is 3. The number of benzene rings is 4. The summed E-state index contributed by atoms with van der Waals surface area (Å²) in [5, 5.41) is 63.1. The van der Waals surface area contributed by atoms with E-state index in [1.807, 2.05) is 0 Å². The highest BCUT2D eigenvalue weighted by atomic mass is 35.5. The maximum atomic E-state index is 14.9. The number of halogens is 6. The Hall–Kier alpha value is -5.68. The van der Waals surface area contributed by atoms with Crippen molar-refractivity contribution in [3.05, 3.63) is 153 Å². The van der Waals surface area contributed by atoms with Gasteiger partial charge in [0.15, 0.2) is 0 Å². The number of nitrogens with zero attached hydrogens (tertiary/aromatic N) is 2. The first kappa shape index (κ1) is 53.5. The lowest BCUT2D eigenvalue weighted by molar-refractivity contribution is -0.527. The lowest BCUT2D eigenvalue weighted by atomic mass is 9.74. The molecule has 3 aliphatic rings. The topological polar surface area (TPSA) is 298 Å². The summed E-state index contributed by atoms with van der Waals surface area (Å²) < 4.78 is 28.0. The third-order valence-electron chi connectivity index (χ3n) is 8.95. The number of carbonyl (C=O) groups excluding carboxylic acids is 3. The van der Waals surface area contributed by atoms with E-state index < -0.39 is 87.8 Å². The molecule has 0 unspecified atom stereocenters. The average molecular weight is 963 g/mol. The van der Waals surface area contributed by atoms with E-state index in [1.165, 1.54) is 48.5 Å². The lowest BCUT2D eigenvalue weighted by Crippen LogP contribution is -2.49. The number of aliphatic hydroxyl groups excluding tert-OH is 3. The van der Waals surface area contributed by atoms with E-state index in [1.54, 1.807) is 24.3 Å². The Morgan fingerprint density at radius 1 is 0.889 bits per heavy atom. The molecule has 24 heteroatoms. The molecule has 7 rings (SSSR count). The van der Waals surface area contributed by atoms with Gasteiger partial charge in [0.05, 0.1) is 45.4 Å². The number of nitro groups is 2. The molecule has 18 nitrogen and oxygen atoms in total. The number of carboxylic acids is 1. The lowest BCUT2D eigenvalue weighted by Gasteiger charge is -2.30. The van der Waals surface area contributed by atoms with E-state index in [9.17, 15) is 53.3 Å². The van der Waals surface area contributed by atoms with Crippen molar-refractivity contribution >= 4 is 87.4 Å². The van der Waals surface area contributed by atoms with Gasteiger partial charge >= 0.3 is 5.97 Å². The fraction of sp³-hybridized carbons (Fsp3) is 0.231. The molecule has 338 valence electrons. The number of aliphatic hydroxyl groups is 3. The summed E-state index contributed by atoms with van der Waals surface area (Å²) in [6, 6.07) is 14.1. The molecule has 4 aromatic rings. The summed E-state index contributed by atoms with van der Waals surface area (Å²) in [5.41, 5.74) is 4.80. The number of carboxylic acid groups (broad SMARTS) is 1. The second kappa shape index (κ2) is 23.7. The van der Waals surface area contributed by atoms with Gasteiger partial charge in [-0.2, -0.15) is 0 Å². The van der Waals surface area contributed by atoms with Crippen LogP contribution in [0, 0.1) is 31.9 Å². The molecule has 0 aliphatic carbocycles. The summed E-state index contributed by atoms with van der Waals surface area (Å²) in [7, 11) is 1.00. The Balaban J connectivity index is 0.000000325. The molecular weight excluding hydrogens is 924 g/mol. The molecule has 1 saturated heterocycles. The van der Waals surface area contributed by atoms with Crippen LogP contribution in [0.25, 0.3) is 6.08 Å². The van der Waals surface area contributed by atoms with Crippen LogP contribution in [0.1, 0.15) is 40.4 Å². The number of hydrogen-bond acceptors (Lipinski definition) is 13. The van der Waals surface area contributed by atoms with E-state index in [0.717, 1.165) is 13.2 Å². The first-order valence-corrected chi connectivity index (χ1v) is 18.8. The number of ketones is 1. The highest BCUT2D eigenvalue weighted by molar-refractivity contribution is 6.52. The second-order valence-corrected chi connectivity index (χ2v) is 14.3. The van der Waals surface area contributed by atoms with Gasteiger partial charge in [-0.3, -0.25) is 44.7 Å². The van der Waals surface area contributed by atoms with Gasteiger partial charge in [0.1, 0.15) is 29.3 Å². The van der Waals surface area contributed by atoms with Crippen molar-refractivity contribution in [2.75, 3.05) is 31.0 Å². The van der Waals surface area contributed by atoms with Crippen molar-refractivity contribution in [2.45, 2.75) is 37.0 Å². The summed E-state index contributed by atoms with van der Waals surface area (Å²) >= 11 is 23.0. The summed E-state index contributed by atoms with van der Waals surface area (Å²) in [5.74, 6) is -5.59. The van der Waals surface area contributed by atoms with Crippen LogP contribution in [0.15, 0.2) is 79.0 Å². The minimum atomic E-state index is -1.66. The van der Waals surface area contributed by atoms with Crippen molar-refractivity contribution in [1.82, 2.24) is 5.32 Å². The molecule has 0 bridgehead atoms. The Morgan fingerprint density at radius 2 is 1.46 bits per heavy atom. The van der Waals surface area contributed by atoms with Crippen molar-refractivity contribution in [3.8, 4) is 0 Å². The van der Waals surface area contributed by atoms with Crippen LogP contribution in [0.4, 0.5) is 20.2 Å². The van der Waals surface area contributed by atoms with Gasteiger partial charge in [-0.1, -0.05) is 84.2 Å². The second-order valence-electron chi connectivity index (χ2n) is 12.6. The summed E-state index contributed by atoms with van der Waals surface area (Å²) in [4.78, 5) is 65.2. The summed E-state index contributed by atoms with van der Waals surface area (Å²) in [6.45, 7) is -1.11. The Morgan fingerprint density at radius 3 is 2.00 bits per heavy atom. The molecule has 0 saturated carbocycles. The standard InChI is InChI=1S/C18H14Cl2FN3O4.C8H5ClFNO2.C8H4ClNO2.C3H7NO3.CH4O.CH4/c19-8-4-5-10-12(6-8)22-17(26)18(10)14(9-2-1-3-11(20)15(9)21)16(24(27)28)13(7-25)23-18;9-7-3-1-2-6(8(7)10)4-5-11(12)13;9-4-1-2-5-6(3-4)10-8(12)7(5)11;4-2(1-5)3(6)7;1-2;/h1-6,13-14,16,23,25H,7H2,(H,22,26);1-5H;1-3H,(H,10,11,12);2,5H,1,4H2,(H,6,7);2H,1H3;1H4/b;5-4+;;;;/t13-,14-,16+,18+;;;2-;;/m0..0../s1. The van der Waals surface area contributed by atoms with E-state index in [0.29, 0.717) is 38.7 Å². The third-order valence-corrected chi connectivity index (χ3v) is 10.0. The molecule has 1 fully saturated rings. The molecule has 0 radical (unpaired) electrons. The van der Waals surface area contributed by atoms with Crippen LogP contribution in [0.5, 0.6) is 0 Å². The zero-order chi connectivity index (χ0) is 46.6. The predicted molar refractivity (Wildman–Crippen MR) is 230 cm³/mol. The van der Waals surface area contributed by atoms with Crippen LogP contribution >= 0.6 is 46.4 Å². The van der Waals surface area contributed by atoms with Gasteiger partial charge in [0.25, 0.3) is 11.7 Å². The quantitative estimate of drug-likeness (QED) is 0.0644. The molecule has 9 N–H and O–H groups in total. The molecular formula is C39H38Cl4F2N6O12. The monoisotopic (exact) mass is 960 g/mol. The molecule has 3 heterocycles. The Labute approximate surface area is 376 Å². The van der Waals surface area contributed by atoms with Gasteiger partial charge in [-0.15, -0.1) is 0 Å². The maximum Gasteiger partial charge on any atom is 0.322 e. The van der Waals surface area contributed by atoms with Crippen molar-refractivity contribution in [3.63, 3.8) is 0 Å². The number of nitrogens with two attached hydrogens (primary N) is 1. The van der Waals surface area contributed by atoms with Crippen LogP contribution in [-0.4, -0.2) is 92.3 Å². The first-order valence-electron chi connectivity index (χ1n) is 17.3. The van der Waals surface area contributed by atoms with Gasteiger partial charge in [0.2, 0.25) is 18.1 Å². The number of hydrogen-bond donors (Lipinski definition) is 8. The number of amides is 2. The zero-order valence-corrected chi connectivity index (χ0v) is 34.6. The van der Waals surface area contributed by atoms with Crippen molar-refractivity contribution in [1.29, 1.82) is 0 Å². The SMILES string of the molecule is C.CO.N[C@@H](CO)C(=O)O.O=C1Nc2cc(Cl)ccc2C1=O.O=C1Nc2cc(Cl)ccc2[C@]12N[C@@H](CO)[C@@H]([N+](=O)[O-])[C@@H]2c1cccc(Cl)c1F.O=[N+]([O-])/C=C/c1cccc(Cl)c1F. The number of Topliss-reactive ketones (excluding diaryl/α,β-unsaturated/α-hetero) is 1. The van der Waals surface area contributed by atoms with E-state index in [4.69, 9.17) is 67.5 Å². The van der Waals surface area contributed by atoms with Crippen molar-refractivity contribution < 1.29 is 58.2 Å². The number of aliphatic carboxylic acids is 1. The maximum absolute atomic E-state index is 14.9. The van der Waals surface area contributed by atoms with Gasteiger partial charge in [0, 0.05) is 50.5 Å². The van der Waals surface area contributed by atoms with Crippen LogP contribution < -0.4 is 21.7 Å². The van der Waals surface area contributed by atoms with Gasteiger partial charge in [-0.05, 0) is 42.5 Å². The smallest absolute Gasteiger partial charge is 0.322 e. The molecule has 3 aliphatic heterocycles.